The summed E-state index contributed by atoms with van der Waals surface area (Å²) in [5, 5.41) is 9.89. The molecule has 2 aliphatic heterocycles. The van der Waals surface area contributed by atoms with E-state index in [1.807, 2.05) is 48.5 Å². The molecule has 0 saturated heterocycles. The van der Waals surface area contributed by atoms with E-state index >= 15 is 0 Å². The predicted molar refractivity (Wildman–Crippen MR) is 157 cm³/mol. The number of ether oxygens (including phenoxy) is 3. The Balaban J connectivity index is 1.34. The number of anilines is 1. The summed E-state index contributed by atoms with van der Waals surface area (Å²) in [6.07, 6.45) is 0.551. The molecule has 2 aliphatic rings. The number of rotatable bonds is 8. The molecule has 0 bridgehead atoms. The molecule has 0 saturated carbocycles. The fourth-order valence-corrected chi connectivity index (χ4v) is 5.64. The van der Waals surface area contributed by atoms with Crippen LogP contribution >= 0.6 is 23.4 Å². The van der Waals surface area contributed by atoms with Gasteiger partial charge in [-0.2, -0.15) is 10.1 Å². The number of nitrogens with one attached hydrogen (secondary N) is 1. The van der Waals surface area contributed by atoms with Crippen LogP contribution in [0.3, 0.4) is 0 Å². The number of nitrogens with zero attached hydrogens (tertiary/aromatic N) is 3. The summed E-state index contributed by atoms with van der Waals surface area (Å²) in [4.78, 5) is 30.1. The number of carbonyl (C=O) groups is 2. The number of hydrogen-bond acceptors (Lipinski definition) is 8. The van der Waals surface area contributed by atoms with Crippen molar-refractivity contribution in [1.82, 2.24) is 5.01 Å². The zero-order valence-electron chi connectivity index (χ0n) is 22.1. The first-order valence-corrected chi connectivity index (χ1v) is 13.7. The minimum Gasteiger partial charge on any atom is -0.497 e. The summed E-state index contributed by atoms with van der Waals surface area (Å²) in [6, 6.07) is 20.1. The normalized spacial score (nSPS) is 18.3. The monoisotopic (exact) mass is 578 g/mol. The number of hydrogen-bond donors (Lipinski definition) is 1. The summed E-state index contributed by atoms with van der Waals surface area (Å²) in [5.74, 6) is 1.13. The van der Waals surface area contributed by atoms with Crippen LogP contribution in [-0.2, 0) is 9.59 Å². The Morgan fingerprint density at radius 1 is 0.975 bits per heavy atom. The number of methoxy groups -OCH3 is 3. The average Bonchev–Trinajstić information content (AvgIpc) is 3.57. The van der Waals surface area contributed by atoms with Gasteiger partial charge >= 0.3 is 0 Å². The van der Waals surface area contributed by atoms with Gasteiger partial charge in [-0.1, -0.05) is 47.6 Å². The molecule has 5 rings (SSSR count). The smallest absolute Gasteiger partial charge is 0.262 e. The molecule has 2 heterocycles. The second kappa shape index (κ2) is 12.0. The highest BCUT2D eigenvalue weighted by atomic mass is 35.5. The number of hydrazone groups is 1. The molecule has 0 spiro atoms. The van der Waals surface area contributed by atoms with Crippen molar-refractivity contribution in [2.24, 2.45) is 10.1 Å². The molecule has 9 nitrogen and oxygen atoms in total. The Morgan fingerprint density at radius 2 is 1.62 bits per heavy atom. The second-order valence-corrected chi connectivity index (χ2v) is 10.7. The summed E-state index contributed by atoms with van der Waals surface area (Å²) >= 11 is 7.33. The van der Waals surface area contributed by atoms with Crippen LogP contribution in [0.4, 0.5) is 5.69 Å². The van der Waals surface area contributed by atoms with E-state index in [4.69, 9.17) is 30.9 Å². The maximum absolute atomic E-state index is 12.9. The van der Waals surface area contributed by atoms with E-state index in [1.54, 1.807) is 30.3 Å². The molecule has 11 heteroatoms. The third-order valence-electron chi connectivity index (χ3n) is 6.52. The number of benzene rings is 3. The molecule has 0 aliphatic carbocycles. The third kappa shape index (κ3) is 6.08. The van der Waals surface area contributed by atoms with Gasteiger partial charge in [0.15, 0.2) is 5.17 Å². The first kappa shape index (κ1) is 27.5. The molecule has 3 aromatic carbocycles. The number of carbonyl (C=O) groups excluding carboxylic acids is 2. The lowest BCUT2D eigenvalue weighted by Gasteiger charge is -2.23. The lowest BCUT2D eigenvalue weighted by Crippen LogP contribution is -2.25. The van der Waals surface area contributed by atoms with Crippen LogP contribution in [0.25, 0.3) is 0 Å². The second-order valence-electron chi connectivity index (χ2n) is 9.08. The van der Waals surface area contributed by atoms with Gasteiger partial charge in [0.05, 0.1) is 33.1 Å². The minimum atomic E-state index is -0.672. The number of halogens is 1. The van der Waals surface area contributed by atoms with Crippen LogP contribution in [0.2, 0.25) is 5.02 Å². The van der Waals surface area contributed by atoms with Crippen molar-refractivity contribution in [3.05, 3.63) is 82.9 Å². The van der Waals surface area contributed by atoms with Crippen molar-refractivity contribution >= 4 is 51.7 Å². The van der Waals surface area contributed by atoms with Gasteiger partial charge in [0, 0.05) is 41.8 Å². The van der Waals surface area contributed by atoms with Crippen molar-refractivity contribution in [2.75, 3.05) is 26.6 Å². The third-order valence-corrected chi connectivity index (χ3v) is 7.91. The number of amides is 2. The van der Waals surface area contributed by atoms with Crippen LogP contribution < -0.4 is 19.5 Å². The lowest BCUT2D eigenvalue weighted by atomic mass is 9.98. The molecule has 0 radical (unpaired) electrons. The van der Waals surface area contributed by atoms with Crippen molar-refractivity contribution in [3.63, 3.8) is 0 Å². The van der Waals surface area contributed by atoms with Crippen molar-refractivity contribution in [3.8, 4) is 17.2 Å². The summed E-state index contributed by atoms with van der Waals surface area (Å²) in [5.41, 5.74) is 3.29. The van der Waals surface area contributed by atoms with Crippen LogP contribution in [0.5, 0.6) is 17.2 Å². The molecular formula is C29H27ClN4O5S. The van der Waals surface area contributed by atoms with E-state index in [0.717, 1.165) is 22.6 Å². The van der Waals surface area contributed by atoms with Crippen LogP contribution in [0.15, 0.2) is 76.8 Å². The van der Waals surface area contributed by atoms with Gasteiger partial charge in [-0.15, -0.1) is 0 Å². The fourth-order valence-electron chi connectivity index (χ4n) is 4.45. The van der Waals surface area contributed by atoms with Crippen LogP contribution in [0.1, 0.15) is 30.0 Å². The fraction of sp³-hybridized carbons (Fsp3) is 0.241. The molecule has 3 aromatic rings. The molecule has 2 atom stereocenters. The molecule has 40 heavy (non-hydrogen) atoms. The van der Waals surface area contributed by atoms with Gasteiger partial charge < -0.3 is 19.5 Å². The van der Waals surface area contributed by atoms with Gasteiger partial charge in [-0.3, -0.25) is 9.59 Å². The van der Waals surface area contributed by atoms with Crippen LogP contribution in [-0.4, -0.2) is 54.3 Å². The zero-order chi connectivity index (χ0) is 28.2. The molecule has 206 valence electrons. The summed E-state index contributed by atoms with van der Waals surface area (Å²) in [6.45, 7) is 0. The van der Waals surface area contributed by atoms with Gasteiger partial charge in [-0.05, 0) is 35.4 Å². The number of amidine groups is 1. The highest BCUT2D eigenvalue weighted by molar-refractivity contribution is 8.15. The molecular weight excluding hydrogens is 552 g/mol. The van der Waals surface area contributed by atoms with Crippen molar-refractivity contribution < 1.29 is 23.8 Å². The zero-order valence-corrected chi connectivity index (χ0v) is 23.7. The van der Waals surface area contributed by atoms with Gasteiger partial charge in [-0.25, -0.2) is 5.01 Å². The Hall–Kier alpha value is -4.02. The van der Waals surface area contributed by atoms with Crippen molar-refractivity contribution in [1.29, 1.82) is 0 Å². The van der Waals surface area contributed by atoms with Crippen LogP contribution in [0, 0.1) is 0 Å². The Bertz CT molecular complexity index is 1450. The van der Waals surface area contributed by atoms with Gasteiger partial charge in [0.1, 0.15) is 22.5 Å². The van der Waals surface area contributed by atoms with E-state index in [-0.39, 0.29) is 24.3 Å². The molecule has 2 amide bonds. The first-order valence-electron chi connectivity index (χ1n) is 12.5. The Labute approximate surface area is 241 Å². The number of thioether (sulfide) groups is 1. The predicted octanol–water partition coefficient (Wildman–Crippen LogP) is 5.54. The molecule has 0 fully saturated rings. The highest BCUT2D eigenvalue weighted by Crippen LogP contribution is 2.39. The van der Waals surface area contributed by atoms with E-state index in [2.05, 4.69) is 10.3 Å². The Kier molecular flexibility index (Phi) is 8.27. The summed E-state index contributed by atoms with van der Waals surface area (Å²) < 4.78 is 15.8. The van der Waals surface area contributed by atoms with E-state index in [0.29, 0.717) is 33.8 Å². The topological polar surface area (TPSA) is 102 Å². The molecule has 0 unspecified atom stereocenters. The molecule has 1 N–H and O–H groups in total. The lowest BCUT2D eigenvalue weighted by molar-refractivity contribution is -0.121. The maximum Gasteiger partial charge on any atom is 0.262 e. The van der Waals surface area contributed by atoms with E-state index < -0.39 is 5.25 Å². The first-order chi connectivity index (χ1) is 19.4. The average molecular weight is 579 g/mol. The largest absolute Gasteiger partial charge is 0.497 e. The van der Waals surface area contributed by atoms with E-state index in [9.17, 15) is 9.59 Å². The minimum absolute atomic E-state index is 0.0508. The summed E-state index contributed by atoms with van der Waals surface area (Å²) in [7, 11) is 4.69. The SMILES string of the molecule is COc1ccc([C@H]2CC(c3ccc(Cl)cc3)=NN2C2=NC(=O)[C@@H](CC(=O)Nc3cc(OC)cc(OC)c3)S2)cc1. The highest BCUT2D eigenvalue weighted by Gasteiger charge is 2.39. The maximum atomic E-state index is 12.9. The quantitative estimate of drug-likeness (QED) is 0.374. The van der Waals surface area contributed by atoms with E-state index in [1.165, 1.54) is 26.0 Å². The van der Waals surface area contributed by atoms with Gasteiger partial charge in [0.25, 0.3) is 5.91 Å². The Morgan fingerprint density at radius 3 is 2.25 bits per heavy atom. The van der Waals surface area contributed by atoms with Gasteiger partial charge in [0.2, 0.25) is 5.91 Å². The standard InChI is InChI=1S/C29H27ClN4O5S/c1-37-21-10-6-18(7-11-21)25-15-24(17-4-8-19(30)9-5-17)33-34(25)29-32-28(36)26(40-29)16-27(35)31-20-12-22(38-2)14-23(13-20)39-3/h4-14,25-26H,15-16H2,1-3H3,(H,31,35)/t25-,26-/m1/s1. The van der Waals surface area contributed by atoms with Crippen molar-refractivity contribution in [2.45, 2.75) is 24.1 Å². The molecule has 0 aromatic heterocycles. The number of aliphatic imine (C=N–C) groups is 1.